The largest absolute Gasteiger partial charge is 0.289 e. The maximum atomic E-state index is 12.0. The van der Waals surface area contributed by atoms with E-state index in [2.05, 4.69) is 26.0 Å². The number of ketones is 1. The van der Waals surface area contributed by atoms with Crippen molar-refractivity contribution in [3.63, 3.8) is 0 Å². The summed E-state index contributed by atoms with van der Waals surface area (Å²) in [6.45, 7) is 4.30. The molecule has 21 heavy (non-hydrogen) atoms. The van der Waals surface area contributed by atoms with Gasteiger partial charge < -0.3 is 0 Å². The fraction of sp³-hybridized carbons (Fsp3) is 0.158. The number of rotatable bonds is 4. The molecule has 0 fully saturated rings. The minimum absolute atomic E-state index is 0.0626. The summed E-state index contributed by atoms with van der Waals surface area (Å²) in [5, 5.41) is 8.73. The second kappa shape index (κ2) is 6.67. The molecule has 104 valence electrons. The average Bonchev–Trinajstić information content (AvgIpc) is 2.53. The molecule has 0 aromatic heterocycles. The SMILES string of the molecule is CC(C)c1ccc(C=CC(=O)c2ccc(C#N)cc2)cc1. The lowest BCUT2D eigenvalue weighted by Gasteiger charge is -2.04. The Labute approximate surface area is 125 Å². The third kappa shape index (κ3) is 3.90. The molecular formula is C19H17NO. The van der Waals surface area contributed by atoms with Crippen molar-refractivity contribution in [2.45, 2.75) is 19.8 Å². The Morgan fingerprint density at radius 1 is 1.05 bits per heavy atom. The Balaban J connectivity index is 2.09. The molecule has 2 aromatic carbocycles. The van der Waals surface area contributed by atoms with Crippen LogP contribution in [-0.2, 0) is 0 Å². The highest BCUT2D eigenvalue weighted by atomic mass is 16.1. The van der Waals surface area contributed by atoms with E-state index >= 15 is 0 Å². The lowest BCUT2D eigenvalue weighted by molar-refractivity contribution is 0.104. The van der Waals surface area contributed by atoms with E-state index in [9.17, 15) is 4.79 Å². The monoisotopic (exact) mass is 275 g/mol. The highest BCUT2D eigenvalue weighted by molar-refractivity contribution is 6.06. The van der Waals surface area contributed by atoms with Gasteiger partial charge in [-0.05, 0) is 47.4 Å². The number of benzene rings is 2. The van der Waals surface area contributed by atoms with E-state index in [0.717, 1.165) is 5.56 Å². The molecule has 2 rings (SSSR count). The maximum absolute atomic E-state index is 12.0. The van der Waals surface area contributed by atoms with Crippen LogP contribution in [-0.4, -0.2) is 5.78 Å². The quantitative estimate of drug-likeness (QED) is 0.605. The summed E-state index contributed by atoms with van der Waals surface area (Å²) in [7, 11) is 0. The zero-order chi connectivity index (χ0) is 15.2. The molecule has 0 spiro atoms. The van der Waals surface area contributed by atoms with Gasteiger partial charge in [0.25, 0.3) is 0 Å². The van der Waals surface area contributed by atoms with Crippen LogP contribution < -0.4 is 0 Å². The molecule has 0 atom stereocenters. The topological polar surface area (TPSA) is 40.9 Å². The van der Waals surface area contributed by atoms with E-state index in [1.165, 1.54) is 5.56 Å². The normalized spacial score (nSPS) is 10.8. The van der Waals surface area contributed by atoms with Crippen LogP contribution in [0.5, 0.6) is 0 Å². The van der Waals surface area contributed by atoms with Crippen molar-refractivity contribution in [2.24, 2.45) is 0 Å². The fourth-order valence-corrected chi connectivity index (χ4v) is 1.97. The van der Waals surface area contributed by atoms with Gasteiger partial charge >= 0.3 is 0 Å². The molecule has 2 nitrogen and oxygen atoms in total. The third-order valence-electron chi connectivity index (χ3n) is 3.33. The smallest absolute Gasteiger partial charge is 0.185 e. The van der Waals surface area contributed by atoms with Gasteiger partial charge in [0, 0.05) is 5.56 Å². The van der Waals surface area contributed by atoms with Crippen LogP contribution in [0.4, 0.5) is 0 Å². The zero-order valence-electron chi connectivity index (χ0n) is 12.2. The number of allylic oxidation sites excluding steroid dienone is 1. The predicted octanol–water partition coefficient (Wildman–Crippen LogP) is 4.58. The Morgan fingerprint density at radius 2 is 1.67 bits per heavy atom. The van der Waals surface area contributed by atoms with Crippen LogP contribution in [0.3, 0.4) is 0 Å². The van der Waals surface area contributed by atoms with E-state index in [4.69, 9.17) is 5.26 Å². The lowest BCUT2D eigenvalue weighted by Crippen LogP contribution is -1.93. The summed E-state index contributed by atoms with van der Waals surface area (Å²) in [6.07, 6.45) is 3.37. The average molecular weight is 275 g/mol. The Hall–Kier alpha value is -2.66. The summed E-state index contributed by atoms with van der Waals surface area (Å²) < 4.78 is 0. The molecule has 0 amide bonds. The van der Waals surface area contributed by atoms with Crippen LogP contribution in [0.2, 0.25) is 0 Å². The van der Waals surface area contributed by atoms with Crippen molar-refractivity contribution in [2.75, 3.05) is 0 Å². The van der Waals surface area contributed by atoms with Crippen LogP contribution >= 0.6 is 0 Å². The maximum Gasteiger partial charge on any atom is 0.185 e. The molecule has 0 aliphatic heterocycles. The summed E-state index contributed by atoms with van der Waals surface area (Å²) in [5.74, 6) is 0.440. The number of hydrogen-bond acceptors (Lipinski definition) is 2. The number of carbonyl (C=O) groups excluding carboxylic acids is 1. The van der Waals surface area contributed by atoms with E-state index in [0.29, 0.717) is 17.0 Å². The number of nitriles is 1. The van der Waals surface area contributed by atoms with Gasteiger partial charge in [-0.25, -0.2) is 0 Å². The van der Waals surface area contributed by atoms with Crippen LogP contribution in [0.1, 0.15) is 46.8 Å². The van der Waals surface area contributed by atoms with E-state index < -0.39 is 0 Å². The zero-order valence-corrected chi connectivity index (χ0v) is 12.2. The van der Waals surface area contributed by atoms with E-state index in [1.54, 1.807) is 30.3 Å². The van der Waals surface area contributed by atoms with Gasteiger partial charge in [-0.3, -0.25) is 4.79 Å². The summed E-state index contributed by atoms with van der Waals surface area (Å²) >= 11 is 0. The summed E-state index contributed by atoms with van der Waals surface area (Å²) in [5.41, 5.74) is 3.43. The highest BCUT2D eigenvalue weighted by Gasteiger charge is 2.02. The van der Waals surface area contributed by atoms with E-state index in [-0.39, 0.29) is 5.78 Å². The Bertz CT molecular complexity index is 686. The molecule has 2 heteroatoms. The van der Waals surface area contributed by atoms with Gasteiger partial charge in [-0.1, -0.05) is 44.2 Å². The fourth-order valence-electron chi connectivity index (χ4n) is 1.97. The van der Waals surface area contributed by atoms with Crippen molar-refractivity contribution in [3.8, 4) is 6.07 Å². The molecule has 0 unspecified atom stereocenters. The van der Waals surface area contributed by atoms with Crippen molar-refractivity contribution < 1.29 is 4.79 Å². The van der Waals surface area contributed by atoms with Crippen LogP contribution in [0.15, 0.2) is 54.6 Å². The summed E-state index contributed by atoms with van der Waals surface area (Å²) in [6, 6.07) is 16.9. The first-order valence-corrected chi connectivity index (χ1v) is 6.92. The van der Waals surface area contributed by atoms with Crippen molar-refractivity contribution >= 4 is 11.9 Å². The molecule has 0 N–H and O–H groups in total. The minimum atomic E-state index is -0.0626. The van der Waals surface area contributed by atoms with Crippen molar-refractivity contribution in [1.29, 1.82) is 5.26 Å². The van der Waals surface area contributed by atoms with Gasteiger partial charge in [0.2, 0.25) is 0 Å². The lowest BCUT2D eigenvalue weighted by atomic mass is 10.0. The van der Waals surface area contributed by atoms with Gasteiger partial charge in [0.05, 0.1) is 11.6 Å². The van der Waals surface area contributed by atoms with Gasteiger partial charge in [-0.15, -0.1) is 0 Å². The van der Waals surface area contributed by atoms with Crippen LogP contribution in [0.25, 0.3) is 6.08 Å². The minimum Gasteiger partial charge on any atom is -0.289 e. The number of carbonyl (C=O) groups is 1. The molecule has 0 heterocycles. The molecule has 0 saturated heterocycles. The first-order chi connectivity index (χ1) is 10.1. The highest BCUT2D eigenvalue weighted by Crippen LogP contribution is 2.15. The molecular weight excluding hydrogens is 258 g/mol. The van der Waals surface area contributed by atoms with Gasteiger partial charge in [-0.2, -0.15) is 5.26 Å². The van der Waals surface area contributed by atoms with Gasteiger partial charge in [0.15, 0.2) is 5.78 Å². The summed E-state index contributed by atoms with van der Waals surface area (Å²) in [4.78, 5) is 12.0. The Kier molecular flexibility index (Phi) is 4.68. The predicted molar refractivity (Wildman–Crippen MR) is 85.1 cm³/mol. The number of hydrogen-bond donors (Lipinski definition) is 0. The molecule has 0 saturated carbocycles. The van der Waals surface area contributed by atoms with Crippen LogP contribution in [0, 0.1) is 11.3 Å². The molecule has 0 radical (unpaired) electrons. The van der Waals surface area contributed by atoms with Crippen molar-refractivity contribution in [3.05, 3.63) is 76.9 Å². The first kappa shape index (κ1) is 14.7. The van der Waals surface area contributed by atoms with E-state index in [1.807, 2.05) is 24.3 Å². The molecule has 0 aliphatic rings. The molecule has 0 bridgehead atoms. The standard InChI is InChI=1S/C19H17NO/c1-14(2)17-8-3-15(4-9-17)7-12-19(21)18-10-5-16(13-20)6-11-18/h3-12,14H,1-2H3. The number of nitrogens with zero attached hydrogens (tertiary/aromatic N) is 1. The first-order valence-electron chi connectivity index (χ1n) is 6.92. The van der Waals surface area contributed by atoms with Gasteiger partial charge in [0.1, 0.15) is 0 Å². The molecule has 2 aromatic rings. The second-order valence-electron chi connectivity index (χ2n) is 5.21. The second-order valence-corrected chi connectivity index (χ2v) is 5.21. The van der Waals surface area contributed by atoms with Crippen molar-refractivity contribution in [1.82, 2.24) is 0 Å². The third-order valence-corrected chi connectivity index (χ3v) is 3.33. The Morgan fingerprint density at radius 3 is 2.19 bits per heavy atom. The molecule has 0 aliphatic carbocycles.